The van der Waals surface area contributed by atoms with Crippen LogP contribution in [-0.4, -0.2) is 51.9 Å². The van der Waals surface area contributed by atoms with Gasteiger partial charge in [0.1, 0.15) is 12.7 Å². The summed E-state index contributed by atoms with van der Waals surface area (Å²) in [6.07, 6.45) is 2.93. The summed E-state index contributed by atoms with van der Waals surface area (Å²) in [5, 5.41) is 22.9. The van der Waals surface area contributed by atoms with Gasteiger partial charge in [-0.1, -0.05) is 25.5 Å². The number of rotatable bonds is 3. The zero-order valence-electron chi connectivity index (χ0n) is 18.6. The molecular formula is C24H30FO7. The Kier molecular flexibility index (Phi) is 5.21. The fourth-order valence-corrected chi connectivity index (χ4v) is 7.42. The predicted octanol–water partition coefficient (Wildman–Crippen LogP) is 2.85. The van der Waals surface area contributed by atoms with Crippen LogP contribution in [0.1, 0.15) is 46.5 Å². The van der Waals surface area contributed by atoms with Crippen molar-refractivity contribution in [2.45, 2.75) is 63.8 Å². The number of carbonyl (C=O) groups excluding carboxylic acids is 3. The number of halogens is 1. The van der Waals surface area contributed by atoms with Crippen LogP contribution in [0.5, 0.6) is 0 Å². The van der Waals surface area contributed by atoms with Crippen molar-refractivity contribution in [3.05, 3.63) is 30.9 Å². The lowest BCUT2D eigenvalue weighted by Gasteiger charge is -2.62. The van der Waals surface area contributed by atoms with E-state index in [1.54, 1.807) is 26.8 Å². The van der Waals surface area contributed by atoms with E-state index in [0.717, 1.165) is 0 Å². The molecule has 0 aromatic rings. The average molecular weight is 449 g/mol. The lowest BCUT2D eigenvalue weighted by Crippen LogP contribution is -2.69. The third-order valence-corrected chi connectivity index (χ3v) is 9.09. The van der Waals surface area contributed by atoms with Gasteiger partial charge >= 0.3 is 6.16 Å². The Hall–Kier alpha value is -2.06. The van der Waals surface area contributed by atoms with E-state index >= 15 is 4.39 Å². The summed E-state index contributed by atoms with van der Waals surface area (Å²) in [5.74, 6) is -2.43. The summed E-state index contributed by atoms with van der Waals surface area (Å²) < 4.78 is 25.9. The quantitative estimate of drug-likeness (QED) is 0.638. The van der Waals surface area contributed by atoms with E-state index in [1.165, 1.54) is 12.2 Å². The van der Waals surface area contributed by atoms with Crippen LogP contribution in [0.3, 0.4) is 0 Å². The molecule has 4 aliphatic rings. The van der Waals surface area contributed by atoms with Crippen molar-refractivity contribution in [2.24, 2.45) is 28.6 Å². The lowest BCUT2D eigenvalue weighted by atomic mass is 9.44. The van der Waals surface area contributed by atoms with E-state index in [0.29, 0.717) is 24.8 Å². The highest BCUT2D eigenvalue weighted by Crippen LogP contribution is 2.70. The van der Waals surface area contributed by atoms with Crippen LogP contribution in [0.4, 0.5) is 9.18 Å². The average Bonchev–Trinajstić information content (AvgIpc) is 2.94. The molecule has 0 aliphatic heterocycles. The van der Waals surface area contributed by atoms with Gasteiger partial charge < -0.3 is 19.7 Å². The Bertz CT molecular complexity index is 927. The molecule has 0 heterocycles. The fourth-order valence-electron chi connectivity index (χ4n) is 7.42. The van der Waals surface area contributed by atoms with Crippen LogP contribution in [0.15, 0.2) is 23.8 Å². The Labute approximate surface area is 186 Å². The van der Waals surface area contributed by atoms with E-state index in [4.69, 9.17) is 4.74 Å². The summed E-state index contributed by atoms with van der Waals surface area (Å²) in [7, 11) is 2.93. The van der Waals surface area contributed by atoms with Crippen molar-refractivity contribution >= 4 is 17.7 Å². The molecule has 0 bridgehead atoms. The van der Waals surface area contributed by atoms with E-state index in [2.05, 4.69) is 11.8 Å². The van der Waals surface area contributed by atoms with Gasteiger partial charge in [0.25, 0.3) is 0 Å². The number of carbonyl (C=O) groups is 3. The number of alkyl halides is 1. The standard InChI is InChI=1S/C24H30FO7/c1-13-9-17-16-6-5-14-10-15(26)7-8-21(14,2)23(16,25)18(27)11-22(17,3)24(13,30)19(28)12-32-20(29)31-4/h7-8,10,13,16-18,27,30H,4-6,9,11-12H2,1-3H3/t13-,16?,17?,18+,21+,22+,23+,24+/m1/s1. The number of hydrogen-bond donors (Lipinski definition) is 2. The molecule has 8 heteroatoms. The molecule has 0 spiro atoms. The maximum atomic E-state index is 17.0. The molecule has 4 rings (SSSR count). The summed E-state index contributed by atoms with van der Waals surface area (Å²) in [6, 6.07) is 0. The van der Waals surface area contributed by atoms with Crippen molar-refractivity contribution in [3.63, 3.8) is 0 Å². The second-order valence-corrected chi connectivity index (χ2v) is 10.3. The summed E-state index contributed by atoms with van der Waals surface area (Å²) >= 11 is 0. The molecule has 175 valence electrons. The second-order valence-electron chi connectivity index (χ2n) is 10.3. The number of aliphatic hydroxyl groups is 2. The molecule has 8 atom stereocenters. The first-order valence-corrected chi connectivity index (χ1v) is 11.0. The molecule has 2 N–H and O–H groups in total. The van der Waals surface area contributed by atoms with Crippen LogP contribution in [0, 0.1) is 35.7 Å². The number of hydrogen-bond acceptors (Lipinski definition) is 7. The molecule has 0 saturated heterocycles. The molecule has 3 saturated carbocycles. The van der Waals surface area contributed by atoms with Gasteiger partial charge in [-0.3, -0.25) is 9.59 Å². The fraction of sp³-hybridized carbons (Fsp3) is 0.667. The molecule has 7 nitrogen and oxygen atoms in total. The Morgan fingerprint density at radius 3 is 2.66 bits per heavy atom. The number of ketones is 2. The highest BCUT2D eigenvalue weighted by molar-refractivity contribution is 6.01. The van der Waals surface area contributed by atoms with Crippen LogP contribution in [0.2, 0.25) is 0 Å². The Balaban J connectivity index is 1.73. The van der Waals surface area contributed by atoms with Gasteiger partial charge in [-0.25, -0.2) is 9.18 Å². The number of aliphatic hydroxyl groups excluding tert-OH is 1. The van der Waals surface area contributed by atoms with E-state index in [9.17, 15) is 24.6 Å². The third kappa shape index (κ3) is 2.68. The largest absolute Gasteiger partial charge is 0.508 e. The summed E-state index contributed by atoms with van der Waals surface area (Å²) in [6.45, 7) is 4.46. The second kappa shape index (κ2) is 7.22. The maximum absolute atomic E-state index is 17.0. The van der Waals surface area contributed by atoms with Gasteiger partial charge in [0, 0.05) is 16.7 Å². The zero-order chi connectivity index (χ0) is 23.7. The first-order valence-electron chi connectivity index (χ1n) is 11.0. The van der Waals surface area contributed by atoms with Gasteiger partial charge in [0.05, 0.1) is 6.10 Å². The highest BCUT2D eigenvalue weighted by atomic mass is 19.1. The summed E-state index contributed by atoms with van der Waals surface area (Å²) in [5.41, 5.74) is -5.53. The van der Waals surface area contributed by atoms with Crippen LogP contribution in [0.25, 0.3) is 0 Å². The first kappa shape index (κ1) is 23.1. The topological polar surface area (TPSA) is 110 Å². The van der Waals surface area contributed by atoms with Crippen LogP contribution < -0.4 is 0 Å². The van der Waals surface area contributed by atoms with Gasteiger partial charge in [0.2, 0.25) is 5.78 Å². The van der Waals surface area contributed by atoms with Crippen LogP contribution >= 0.6 is 0 Å². The number of fused-ring (bicyclic) bond motifs is 5. The summed E-state index contributed by atoms with van der Waals surface area (Å²) in [4.78, 5) is 36.3. The minimum absolute atomic E-state index is 0.137. The smallest absolute Gasteiger partial charge is 0.431 e. The minimum Gasteiger partial charge on any atom is -0.431 e. The monoisotopic (exact) mass is 449 g/mol. The van der Waals surface area contributed by atoms with Crippen molar-refractivity contribution in [1.82, 2.24) is 0 Å². The number of Topliss-reactive ketones (excluding diaryl/α,β-unsaturated/α-hetero) is 1. The van der Waals surface area contributed by atoms with Gasteiger partial charge in [0.15, 0.2) is 18.1 Å². The minimum atomic E-state index is -2.04. The molecule has 2 unspecified atom stereocenters. The van der Waals surface area contributed by atoms with Crippen molar-refractivity contribution in [2.75, 3.05) is 6.61 Å². The molecule has 1 radical (unpaired) electrons. The molecule has 3 fully saturated rings. The highest BCUT2D eigenvalue weighted by Gasteiger charge is 2.75. The van der Waals surface area contributed by atoms with E-state index in [-0.39, 0.29) is 18.1 Å². The van der Waals surface area contributed by atoms with Gasteiger partial charge in [-0.15, -0.1) is 0 Å². The van der Waals surface area contributed by atoms with Gasteiger partial charge in [-0.05, 0) is 56.6 Å². The van der Waals surface area contributed by atoms with Crippen molar-refractivity contribution in [1.29, 1.82) is 0 Å². The Morgan fingerprint density at radius 2 is 2.00 bits per heavy atom. The molecule has 0 amide bonds. The maximum Gasteiger partial charge on any atom is 0.508 e. The first-order chi connectivity index (χ1) is 14.9. The van der Waals surface area contributed by atoms with Crippen LogP contribution in [-0.2, 0) is 19.1 Å². The number of allylic oxidation sites excluding steroid dienone is 4. The molecule has 4 aliphatic carbocycles. The SMILES string of the molecule is [CH2]OC(=O)OCC(=O)[C@@]1(O)[C@H](C)CC2C3CCC4=CC(=O)C=C[C@]4(C)[C@@]3(F)[C@@H](O)C[C@@]21C. The van der Waals surface area contributed by atoms with E-state index < -0.39 is 58.6 Å². The predicted molar refractivity (Wildman–Crippen MR) is 111 cm³/mol. The molecule has 0 aromatic carbocycles. The van der Waals surface area contributed by atoms with Gasteiger partial charge in [-0.2, -0.15) is 0 Å². The lowest BCUT2D eigenvalue weighted by molar-refractivity contribution is -0.219. The molecular weight excluding hydrogens is 419 g/mol. The zero-order valence-corrected chi connectivity index (χ0v) is 18.6. The Morgan fingerprint density at radius 1 is 1.31 bits per heavy atom. The normalized spacial score (nSPS) is 47.1. The van der Waals surface area contributed by atoms with Crippen molar-refractivity contribution in [3.8, 4) is 0 Å². The van der Waals surface area contributed by atoms with Crippen molar-refractivity contribution < 1.29 is 38.5 Å². The molecule has 32 heavy (non-hydrogen) atoms. The molecule has 0 aromatic heterocycles. The third-order valence-electron chi connectivity index (χ3n) is 9.09. The number of ether oxygens (including phenoxy) is 2. The van der Waals surface area contributed by atoms with E-state index in [1.807, 2.05) is 0 Å².